The van der Waals surface area contributed by atoms with E-state index in [1.165, 1.54) is 24.3 Å². The molecule has 0 unspecified atom stereocenters. The number of β-amino-alcohol motifs (C(OH)–C–C–N with tert-alkyl or cyclic N) is 1. The lowest BCUT2D eigenvalue weighted by Crippen LogP contribution is -2.53. The van der Waals surface area contributed by atoms with Crippen LogP contribution in [-0.4, -0.2) is 51.1 Å². The number of ether oxygens (including phenoxy) is 1. The summed E-state index contributed by atoms with van der Waals surface area (Å²) in [4.78, 5) is 0. The highest BCUT2D eigenvalue weighted by atomic mass is 32.2. The maximum absolute atomic E-state index is 12.7. The summed E-state index contributed by atoms with van der Waals surface area (Å²) in [5, 5.41) is 12.7. The molecule has 8 heteroatoms. The Labute approximate surface area is 123 Å². The first-order valence-corrected chi connectivity index (χ1v) is 8.39. The first-order valence-electron chi connectivity index (χ1n) is 6.73. The van der Waals surface area contributed by atoms with Crippen molar-refractivity contribution in [3.63, 3.8) is 0 Å². The Bertz CT molecular complexity index is 550. The fourth-order valence-electron chi connectivity index (χ4n) is 2.07. The van der Waals surface area contributed by atoms with E-state index in [-0.39, 0.29) is 18.2 Å². The second kappa shape index (κ2) is 7.17. The Morgan fingerprint density at radius 3 is 2.76 bits per heavy atom. The summed E-state index contributed by atoms with van der Waals surface area (Å²) in [5.41, 5.74) is 0. The van der Waals surface area contributed by atoms with Crippen molar-refractivity contribution in [3.8, 4) is 5.75 Å². The SMILES string of the molecule is O=S(=O)(CCOc1ccc(F)cc1)N[C@@H]1CCNC[C@H]1O. The van der Waals surface area contributed by atoms with E-state index in [2.05, 4.69) is 10.0 Å². The van der Waals surface area contributed by atoms with E-state index in [4.69, 9.17) is 4.74 Å². The number of sulfonamides is 1. The van der Waals surface area contributed by atoms with Crippen LogP contribution < -0.4 is 14.8 Å². The van der Waals surface area contributed by atoms with Crippen molar-refractivity contribution in [2.45, 2.75) is 18.6 Å². The zero-order valence-corrected chi connectivity index (χ0v) is 12.3. The number of piperidine rings is 1. The highest BCUT2D eigenvalue weighted by Gasteiger charge is 2.26. The molecule has 1 aliphatic heterocycles. The molecule has 0 aromatic heterocycles. The maximum Gasteiger partial charge on any atom is 0.215 e. The van der Waals surface area contributed by atoms with Gasteiger partial charge in [-0.05, 0) is 37.2 Å². The highest BCUT2D eigenvalue weighted by Crippen LogP contribution is 2.11. The average Bonchev–Trinajstić information content (AvgIpc) is 2.43. The van der Waals surface area contributed by atoms with Crippen LogP contribution in [0.15, 0.2) is 24.3 Å². The van der Waals surface area contributed by atoms with E-state index in [1.54, 1.807) is 0 Å². The third-order valence-electron chi connectivity index (χ3n) is 3.22. The smallest absolute Gasteiger partial charge is 0.215 e. The van der Waals surface area contributed by atoms with Gasteiger partial charge in [-0.3, -0.25) is 0 Å². The van der Waals surface area contributed by atoms with Gasteiger partial charge in [0.1, 0.15) is 18.2 Å². The van der Waals surface area contributed by atoms with Crippen LogP contribution in [0.3, 0.4) is 0 Å². The number of aliphatic hydroxyl groups is 1. The fourth-order valence-corrected chi connectivity index (χ4v) is 3.23. The molecule has 1 fully saturated rings. The Morgan fingerprint density at radius 2 is 2.10 bits per heavy atom. The molecule has 1 aromatic rings. The van der Waals surface area contributed by atoms with Crippen molar-refractivity contribution in [2.75, 3.05) is 25.4 Å². The van der Waals surface area contributed by atoms with E-state index in [9.17, 15) is 17.9 Å². The van der Waals surface area contributed by atoms with Gasteiger partial charge in [0.2, 0.25) is 10.0 Å². The molecule has 1 saturated heterocycles. The lowest BCUT2D eigenvalue weighted by atomic mass is 10.1. The Balaban J connectivity index is 1.79. The minimum absolute atomic E-state index is 0.0397. The molecule has 0 saturated carbocycles. The molecule has 118 valence electrons. The van der Waals surface area contributed by atoms with Crippen molar-refractivity contribution in [1.29, 1.82) is 0 Å². The quantitative estimate of drug-likeness (QED) is 0.679. The molecule has 1 aliphatic rings. The number of hydrogen-bond acceptors (Lipinski definition) is 5. The highest BCUT2D eigenvalue weighted by molar-refractivity contribution is 7.89. The van der Waals surface area contributed by atoms with E-state index in [1.807, 2.05) is 0 Å². The van der Waals surface area contributed by atoms with Crippen LogP contribution >= 0.6 is 0 Å². The largest absolute Gasteiger partial charge is 0.492 e. The first-order chi connectivity index (χ1) is 9.96. The second-order valence-corrected chi connectivity index (χ2v) is 6.78. The Kier molecular flexibility index (Phi) is 5.51. The van der Waals surface area contributed by atoms with Crippen LogP contribution in [0, 0.1) is 5.82 Å². The van der Waals surface area contributed by atoms with Crippen LogP contribution in [0.4, 0.5) is 4.39 Å². The molecular weight excluding hydrogens is 299 g/mol. The van der Waals surface area contributed by atoms with Crippen LogP contribution in [0.1, 0.15) is 6.42 Å². The number of nitrogens with one attached hydrogen (secondary N) is 2. The number of hydrogen-bond donors (Lipinski definition) is 3. The molecule has 0 bridgehead atoms. The summed E-state index contributed by atoms with van der Waals surface area (Å²) < 4.78 is 44.3. The minimum atomic E-state index is -3.53. The van der Waals surface area contributed by atoms with Gasteiger partial charge in [0, 0.05) is 6.54 Å². The van der Waals surface area contributed by atoms with Crippen molar-refractivity contribution in [2.24, 2.45) is 0 Å². The molecule has 0 spiro atoms. The molecule has 0 aliphatic carbocycles. The molecule has 21 heavy (non-hydrogen) atoms. The summed E-state index contributed by atoms with van der Waals surface area (Å²) in [6.07, 6.45) is -0.189. The fraction of sp³-hybridized carbons (Fsp3) is 0.538. The molecule has 0 amide bonds. The molecule has 2 rings (SSSR count). The molecular formula is C13H19FN2O4S. The number of halogens is 1. The lowest BCUT2D eigenvalue weighted by molar-refractivity contribution is 0.113. The van der Waals surface area contributed by atoms with Gasteiger partial charge in [0.25, 0.3) is 0 Å². The van der Waals surface area contributed by atoms with E-state index >= 15 is 0 Å². The van der Waals surface area contributed by atoms with E-state index in [0.29, 0.717) is 25.3 Å². The molecule has 3 N–H and O–H groups in total. The summed E-state index contributed by atoms with van der Waals surface area (Å²) in [6.45, 7) is 0.998. The van der Waals surface area contributed by atoms with Gasteiger partial charge < -0.3 is 15.2 Å². The van der Waals surface area contributed by atoms with Gasteiger partial charge in [0.15, 0.2) is 0 Å². The van der Waals surface area contributed by atoms with E-state index in [0.717, 1.165) is 0 Å². The maximum atomic E-state index is 12.7. The topological polar surface area (TPSA) is 87.7 Å². The molecule has 6 nitrogen and oxygen atoms in total. The molecule has 0 radical (unpaired) electrons. The van der Waals surface area contributed by atoms with Crippen molar-refractivity contribution in [1.82, 2.24) is 10.0 Å². The predicted octanol–water partition coefficient (Wildman–Crippen LogP) is -0.153. The van der Waals surface area contributed by atoms with Crippen molar-refractivity contribution >= 4 is 10.0 Å². The molecule has 1 aromatic carbocycles. The zero-order chi connectivity index (χ0) is 15.3. The van der Waals surface area contributed by atoms with Gasteiger partial charge in [0.05, 0.1) is 17.9 Å². The van der Waals surface area contributed by atoms with Crippen LogP contribution in [-0.2, 0) is 10.0 Å². The number of aliphatic hydroxyl groups excluding tert-OH is 1. The number of rotatable bonds is 6. The third kappa shape index (κ3) is 5.24. The Morgan fingerprint density at radius 1 is 1.38 bits per heavy atom. The summed E-state index contributed by atoms with van der Waals surface area (Å²) in [5.74, 6) is -0.189. The number of benzene rings is 1. The summed E-state index contributed by atoms with van der Waals surface area (Å²) >= 11 is 0. The minimum Gasteiger partial charge on any atom is -0.492 e. The standard InChI is InChI=1S/C13H19FN2O4S/c14-10-1-3-11(4-2-10)20-7-8-21(18,19)16-12-5-6-15-9-13(12)17/h1-4,12-13,15-17H,5-9H2/t12-,13-/m1/s1. The molecule has 2 atom stereocenters. The summed E-state index contributed by atoms with van der Waals surface area (Å²) in [7, 11) is -3.53. The van der Waals surface area contributed by atoms with Crippen LogP contribution in [0.2, 0.25) is 0 Å². The van der Waals surface area contributed by atoms with Gasteiger partial charge in [-0.1, -0.05) is 0 Å². The van der Waals surface area contributed by atoms with Crippen LogP contribution in [0.25, 0.3) is 0 Å². The lowest BCUT2D eigenvalue weighted by Gasteiger charge is -2.28. The normalized spacial score (nSPS) is 23.0. The first kappa shape index (κ1) is 16.2. The van der Waals surface area contributed by atoms with Gasteiger partial charge in [-0.15, -0.1) is 0 Å². The zero-order valence-electron chi connectivity index (χ0n) is 11.5. The monoisotopic (exact) mass is 318 g/mol. The molecule has 1 heterocycles. The second-order valence-electron chi connectivity index (χ2n) is 4.91. The van der Waals surface area contributed by atoms with Gasteiger partial charge in [-0.25, -0.2) is 17.5 Å². The van der Waals surface area contributed by atoms with Crippen molar-refractivity contribution in [3.05, 3.63) is 30.1 Å². The Hall–Kier alpha value is -1.22. The summed E-state index contributed by atoms with van der Waals surface area (Å²) in [6, 6.07) is 4.89. The van der Waals surface area contributed by atoms with Crippen LogP contribution in [0.5, 0.6) is 5.75 Å². The predicted molar refractivity (Wildman–Crippen MR) is 76.1 cm³/mol. The van der Waals surface area contributed by atoms with E-state index < -0.39 is 22.2 Å². The van der Waals surface area contributed by atoms with Crippen molar-refractivity contribution < 1.29 is 22.7 Å². The van der Waals surface area contributed by atoms with Gasteiger partial charge >= 0.3 is 0 Å². The third-order valence-corrected chi connectivity index (χ3v) is 4.58. The van der Waals surface area contributed by atoms with Gasteiger partial charge in [-0.2, -0.15) is 0 Å². The average molecular weight is 318 g/mol.